The quantitative estimate of drug-likeness (QED) is 0.649. The van der Waals surface area contributed by atoms with E-state index in [1.807, 2.05) is 0 Å². The van der Waals surface area contributed by atoms with Gasteiger partial charge in [0.15, 0.2) is 0 Å². The van der Waals surface area contributed by atoms with Crippen LogP contribution < -0.4 is 0 Å². The normalized spacial score (nSPS) is 15.5. The first-order valence-electron chi connectivity index (χ1n) is 7.28. The van der Waals surface area contributed by atoms with E-state index in [0.717, 1.165) is 17.8 Å². The third-order valence-corrected chi connectivity index (χ3v) is 5.22. The number of hydrogen-bond acceptors (Lipinski definition) is 6. The Balaban J connectivity index is 2.40. The molecule has 9 heteroatoms. The number of aliphatic hydroxyl groups is 3. The Hall–Kier alpha value is -1.55. The van der Waals surface area contributed by atoms with Crippen LogP contribution in [0.5, 0.6) is 0 Å². The van der Waals surface area contributed by atoms with Gasteiger partial charge < -0.3 is 15.3 Å². The molecule has 0 spiro atoms. The highest BCUT2D eigenvalue weighted by molar-refractivity contribution is 8.00. The van der Waals surface area contributed by atoms with Gasteiger partial charge in [0, 0.05) is 16.9 Å². The smallest absolute Gasteiger partial charge is 0.137 e. The van der Waals surface area contributed by atoms with Crippen LogP contribution in [0, 0.1) is 11.6 Å². The van der Waals surface area contributed by atoms with E-state index in [1.165, 1.54) is 23.4 Å². The Morgan fingerprint density at radius 2 is 2.00 bits per heavy atom. The second-order valence-electron chi connectivity index (χ2n) is 5.41. The van der Waals surface area contributed by atoms with Gasteiger partial charge in [-0.05, 0) is 6.07 Å². The molecule has 0 saturated carbocycles. The number of hydrogen-bond donors (Lipinski definition) is 3. The molecule has 2 atom stereocenters. The highest BCUT2D eigenvalue weighted by atomic mass is 32.2. The van der Waals surface area contributed by atoms with E-state index in [4.69, 9.17) is 0 Å². The third kappa shape index (κ3) is 4.10. The maximum atomic E-state index is 14.3. The van der Waals surface area contributed by atoms with Crippen LogP contribution in [0.4, 0.5) is 8.78 Å². The molecule has 6 nitrogen and oxygen atoms in total. The summed E-state index contributed by atoms with van der Waals surface area (Å²) in [6.07, 6.45) is 2.66. The lowest BCUT2D eigenvalue weighted by molar-refractivity contribution is 0.0130. The van der Waals surface area contributed by atoms with Crippen LogP contribution in [0.2, 0.25) is 0 Å². The van der Waals surface area contributed by atoms with Gasteiger partial charge in [-0.15, -0.1) is 11.8 Å². The van der Waals surface area contributed by atoms with Gasteiger partial charge >= 0.3 is 0 Å². The summed E-state index contributed by atoms with van der Waals surface area (Å²) in [7, 11) is 0. The van der Waals surface area contributed by atoms with Gasteiger partial charge in [-0.2, -0.15) is 5.10 Å². The van der Waals surface area contributed by atoms with E-state index in [9.17, 15) is 24.1 Å². The molecule has 0 radical (unpaired) electrons. The van der Waals surface area contributed by atoms with Gasteiger partial charge in [-0.3, -0.25) is 0 Å². The molecule has 0 aliphatic carbocycles. The summed E-state index contributed by atoms with van der Waals surface area (Å²) >= 11 is 1.11. The molecular weight excluding hydrogens is 340 g/mol. The largest absolute Gasteiger partial charge is 0.395 e. The Morgan fingerprint density at radius 3 is 2.54 bits per heavy atom. The Kier molecular flexibility index (Phi) is 6.27. The fourth-order valence-electron chi connectivity index (χ4n) is 2.38. The summed E-state index contributed by atoms with van der Waals surface area (Å²) in [6.45, 7) is 0.934. The van der Waals surface area contributed by atoms with E-state index < -0.39 is 27.7 Å². The van der Waals surface area contributed by atoms with Crippen LogP contribution in [-0.2, 0) is 12.1 Å². The van der Waals surface area contributed by atoms with Crippen LogP contribution in [0.15, 0.2) is 30.9 Å². The maximum absolute atomic E-state index is 14.3. The Labute approximate surface area is 142 Å². The minimum Gasteiger partial charge on any atom is -0.395 e. The standard InChI is InChI=1S/C15H19F2N3O3S/c1-10(24-12(5-21)6-22)15(23,7-20-9-18-8-19-20)13-3-2-11(16)4-14(13)17/h2-4,8-10,12,21-23H,5-7H2,1H3. The number of benzene rings is 1. The zero-order chi connectivity index (χ0) is 17.7. The molecule has 0 fully saturated rings. The summed E-state index contributed by atoms with van der Waals surface area (Å²) in [4.78, 5) is 3.79. The van der Waals surface area contributed by atoms with Crippen LogP contribution in [0.1, 0.15) is 12.5 Å². The summed E-state index contributed by atoms with van der Waals surface area (Å²) < 4.78 is 28.8. The van der Waals surface area contributed by atoms with Crippen molar-refractivity contribution in [3.05, 3.63) is 48.1 Å². The molecule has 132 valence electrons. The van der Waals surface area contributed by atoms with Crippen molar-refractivity contribution in [1.29, 1.82) is 0 Å². The fraction of sp³-hybridized carbons (Fsp3) is 0.467. The van der Waals surface area contributed by atoms with E-state index in [1.54, 1.807) is 6.92 Å². The van der Waals surface area contributed by atoms with Crippen molar-refractivity contribution in [2.45, 2.75) is 29.6 Å². The van der Waals surface area contributed by atoms with Crippen molar-refractivity contribution in [1.82, 2.24) is 14.8 Å². The summed E-state index contributed by atoms with van der Waals surface area (Å²) in [5, 5.41) is 32.4. The number of thioether (sulfide) groups is 1. The highest BCUT2D eigenvalue weighted by Gasteiger charge is 2.40. The molecular formula is C15H19F2N3O3S. The zero-order valence-electron chi connectivity index (χ0n) is 13.0. The number of aromatic nitrogens is 3. The average molecular weight is 359 g/mol. The fourth-order valence-corrected chi connectivity index (χ4v) is 3.56. The Bertz CT molecular complexity index is 655. The SMILES string of the molecule is CC(SC(CO)CO)C(O)(Cn1cncn1)c1ccc(F)cc1F. The molecule has 2 aromatic rings. The van der Waals surface area contributed by atoms with Crippen molar-refractivity contribution in [2.24, 2.45) is 0 Å². The summed E-state index contributed by atoms with van der Waals surface area (Å²) in [5.41, 5.74) is -1.84. The summed E-state index contributed by atoms with van der Waals surface area (Å²) in [6, 6.07) is 2.96. The van der Waals surface area contributed by atoms with E-state index in [2.05, 4.69) is 10.1 Å². The lowest BCUT2D eigenvalue weighted by Crippen LogP contribution is -2.42. The van der Waals surface area contributed by atoms with Crippen molar-refractivity contribution in [2.75, 3.05) is 13.2 Å². The van der Waals surface area contributed by atoms with Gasteiger partial charge in [0.25, 0.3) is 0 Å². The lowest BCUT2D eigenvalue weighted by Gasteiger charge is -2.35. The minimum atomic E-state index is -1.75. The molecule has 1 aromatic heterocycles. The van der Waals surface area contributed by atoms with Crippen molar-refractivity contribution in [3.63, 3.8) is 0 Å². The van der Waals surface area contributed by atoms with Crippen LogP contribution in [0.25, 0.3) is 0 Å². The van der Waals surface area contributed by atoms with Gasteiger partial charge in [0.1, 0.15) is 29.9 Å². The second-order valence-corrected chi connectivity index (χ2v) is 7.05. The van der Waals surface area contributed by atoms with E-state index >= 15 is 0 Å². The first kappa shape index (κ1) is 18.8. The predicted octanol–water partition coefficient (Wildman–Crippen LogP) is 0.919. The van der Waals surface area contributed by atoms with E-state index in [-0.39, 0.29) is 25.3 Å². The molecule has 2 rings (SSSR count). The van der Waals surface area contributed by atoms with Crippen LogP contribution >= 0.6 is 11.8 Å². The van der Waals surface area contributed by atoms with Gasteiger partial charge in [-0.25, -0.2) is 18.4 Å². The number of nitrogens with zero attached hydrogens (tertiary/aromatic N) is 3. The first-order valence-corrected chi connectivity index (χ1v) is 8.22. The molecule has 0 aliphatic heterocycles. The second kappa shape index (κ2) is 8.02. The molecule has 0 saturated heterocycles. The minimum absolute atomic E-state index is 0.0889. The number of halogens is 2. The topological polar surface area (TPSA) is 91.4 Å². The highest BCUT2D eigenvalue weighted by Crippen LogP contribution is 2.37. The molecule has 0 aliphatic rings. The zero-order valence-corrected chi connectivity index (χ0v) is 13.8. The van der Waals surface area contributed by atoms with Crippen molar-refractivity contribution >= 4 is 11.8 Å². The number of aliphatic hydroxyl groups excluding tert-OH is 2. The van der Waals surface area contributed by atoms with Gasteiger partial charge in [0.2, 0.25) is 0 Å². The van der Waals surface area contributed by atoms with Crippen LogP contribution in [0.3, 0.4) is 0 Å². The monoisotopic (exact) mass is 359 g/mol. The van der Waals surface area contributed by atoms with Crippen LogP contribution in [-0.4, -0.2) is 53.8 Å². The molecule has 0 amide bonds. The molecule has 1 heterocycles. The molecule has 3 N–H and O–H groups in total. The lowest BCUT2D eigenvalue weighted by atomic mass is 9.90. The molecule has 0 bridgehead atoms. The maximum Gasteiger partial charge on any atom is 0.137 e. The summed E-state index contributed by atoms with van der Waals surface area (Å²) in [5.74, 6) is -1.63. The third-order valence-electron chi connectivity index (χ3n) is 3.74. The molecule has 1 aromatic carbocycles. The predicted molar refractivity (Wildman–Crippen MR) is 85.3 cm³/mol. The molecule has 2 unspecified atom stereocenters. The van der Waals surface area contributed by atoms with Crippen molar-refractivity contribution in [3.8, 4) is 0 Å². The van der Waals surface area contributed by atoms with E-state index in [0.29, 0.717) is 6.07 Å². The first-order chi connectivity index (χ1) is 11.4. The molecule has 24 heavy (non-hydrogen) atoms. The van der Waals surface area contributed by atoms with Crippen molar-refractivity contribution < 1.29 is 24.1 Å². The average Bonchev–Trinajstić information content (AvgIpc) is 3.04. The van der Waals surface area contributed by atoms with Gasteiger partial charge in [-0.1, -0.05) is 13.0 Å². The van der Waals surface area contributed by atoms with Gasteiger partial charge in [0.05, 0.1) is 25.0 Å². The number of rotatable bonds is 8. The Morgan fingerprint density at radius 1 is 1.29 bits per heavy atom.